The molecule has 1 aliphatic rings. The number of aryl methyl sites for hydroxylation is 1. The largest absolute Gasteiger partial charge is 0.336 e. The van der Waals surface area contributed by atoms with Gasteiger partial charge < -0.3 is 10.2 Å². The van der Waals surface area contributed by atoms with Crippen LogP contribution >= 0.6 is 12.4 Å². The van der Waals surface area contributed by atoms with E-state index in [0.29, 0.717) is 26.2 Å². The second kappa shape index (κ2) is 6.11. The van der Waals surface area contributed by atoms with Crippen LogP contribution in [0.2, 0.25) is 0 Å². The molecule has 1 aliphatic heterocycles. The van der Waals surface area contributed by atoms with Crippen LogP contribution in [-0.4, -0.2) is 37.0 Å². The topological polar surface area (TPSA) is 32.3 Å². The number of nitrogens with zero attached hydrogens (tertiary/aromatic N) is 1. The number of carbonyl (C=O) groups is 1. The summed E-state index contributed by atoms with van der Waals surface area (Å²) in [4.78, 5) is 13.6. The average Bonchev–Trinajstić information content (AvgIpc) is 2.34. The van der Waals surface area contributed by atoms with Crippen molar-refractivity contribution >= 4 is 18.3 Å². The molecule has 100 valence electrons. The Morgan fingerprint density at radius 2 is 1.83 bits per heavy atom. The van der Waals surface area contributed by atoms with Crippen molar-refractivity contribution in [2.24, 2.45) is 0 Å². The Bertz CT molecular complexity index is 448. The molecule has 1 fully saturated rings. The number of nitrogens with one attached hydrogen (secondary N) is 1. The smallest absolute Gasteiger partial charge is 0.256 e. The second-order valence-corrected chi connectivity index (χ2v) is 4.12. The maximum absolute atomic E-state index is 13.5. The van der Waals surface area contributed by atoms with Gasteiger partial charge in [-0.15, -0.1) is 12.4 Å². The summed E-state index contributed by atoms with van der Waals surface area (Å²) in [6.07, 6.45) is 0. The summed E-state index contributed by atoms with van der Waals surface area (Å²) in [7, 11) is 0. The zero-order valence-electron chi connectivity index (χ0n) is 10.0. The minimum absolute atomic E-state index is 0. The normalized spacial score (nSPS) is 15.2. The number of piperazine rings is 1. The molecule has 1 amide bonds. The van der Waals surface area contributed by atoms with E-state index in [2.05, 4.69) is 5.32 Å². The monoisotopic (exact) mass is 276 g/mol. The summed E-state index contributed by atoms with van der Waals surface area (Å²) >= 11 is 0. The van der Waals surface area contributed by atoms with Crippen LogP contribution in [0, 0.1) is 18.6 Å². The van der Waals surface area contributed by atoms with E-state index < -0.39 is 11.6 Å². The van der Waals surface area contributed by atoms with Crippen molar-refractivity contribution in [2.75, 3.05) is 26.2 Å². The molecule has 1 aromatic carbocycles. The first-order valence-corrected chi connectivity index (χ1v) is 5.55. The zero-order chi connectivity index (χ0) is 12.4. The Kier molecular flexibility index (Phi) is 5.04. The highest BCUT2D eigenvalue weighted by atomic mass is 35.5. The van der Waals surface area contributed by atoms with Gasteiger partial charge in [0, 0.05) is 32.2 Å². The maximum Gasteiger partial charge on any atom is 0.256 e. The molecule has 0 unspecified atom stereocenters. The number of amides is 1. The minimum atomic E-state index is -0.795. The molecule has 6 heteroatoms. The van der Waals surface area contributed by atoms with Gasteiger partial charge >= 0.3 is 0 Å². The lowest BCUT2D eigenvalue weighted by atomic mass is 10.1. The van der Waals surface area contributed by atoms with E-state index in [1.807, 2.05) is 0 Å². The first-order valence-electron chi connectivity index (χ1n) is 5.55. The van der Waals surface area contributed by atoms with Crippen LogP contribution in [0.25, 0.3) is 0 Å². The molecule has 0 radical (unpaired) electrons. The fourth-order valence-electron chi connectivity index (χ4n) is 1.86. The van der Waals surface area contributed by atoms with Crippen molar-refractivity contribution in [3.05, 3.63) is 34.9 Å². The SMILES string of the molecule is Cc1cc(C(=O)N2CCNCC2)c(F)cc1F.Cl. The minimum Gasteiger partial charge on any atom is -0.336 e. The van der Waals surface area contributed by atoms with Crippen LogP contribution in [-0.2, 0) is 0 Å². The third-order valence-corrected chi connectivity index (χ3v) is 2.88. The second-order valence-electron chi connectivity index (χ2n) is 4.12. The average molecular weight is 277 g/mol. The van der Waals surface area contributed by atoms with E-state index in [0.717, 1.165) is 6.07 Å². The van der Waals surface area contributed by atoms with E-state index in [1.165, 1.54) is 13.0 Å². The highest BCUT2D eigenvalue weighted by Gasteiger charge is 2.21. The molecule has 0 bridgehead atoms. The van der Waals surface area contributed by atoms with Gasteiger partial charge in [0.05, 0.1) is 5.56 Å². The quantitative estimate of drug-likeness (QED) is 0.847. The van der Waals surface area contributed by atoms with Crippen LogP contribution in [0.3, 0.4) is 0 Å². The standard InChI is InChI=1S/C12H14F2N2O.ClH/c1-8-6-9(11(14)7-10(8)13)12(17)16-4-2-15-3-5-16;/h6-7,15H,2-5H2,1H3;1H. The number of hydrogen-bond acceptors (Lipinski definition) is 2. The third kappa shape index (κ3) is 2.97. The van der Waals surface area contributed by atoms with Crippen molar-refractivity contribution in [3.8, 4) is 0 Å². The molecule has 1 N–H and O–H groups in total. The zero-order valence-corrected chi connectivity index (χ0v) is 10.8. The van der Waals surface area contributed by atoms with E-state index in [1.54, 1.807) is 4.90 Å². The molecule has 0 aliphatic carbocycles. The van der Waals surface area contributed by atoms with Crippen LogP contribution < -0.4 is 5.32 Å². The van der Waals surface area contributed by atoms with Crippen LogP contribution in [0.1, 0.15) is 15.9 Å². The highest BCUT2D eigenvalue weighted by molar-refractivity contribution is 5.94. The third-order valence-electron chi connectivity index (χ3n) is 2.88. The predicted octanol–water partition coefficient (Wildman–Crippen LogP) is 1.74. The maximum atomic E-state index is 13.5. The number of benzene rings is 1. The molecule has 3 nitrogen and oxygen atoms in total. The fourth-order valence-corrected chi connectivity index (χ4v) is 1.86. The van der Waals surface area contributed by atoms with Crippen LogP contribution in [0.4, 0.5) is 8.78 Å². The summed E-state index contributed by atoms with van der Waals surface area (Å²) in [5.41, 5.74) is 0.232. The van der Waals surface area contributed by atoms with E-state index in [-0.39, 0.29) is 29.4 Å². The van der Waals surface area contributed by atoms with Gasteiger partial charge in [-0.2, -0.15) is 0 Å². The Balaban J connectivity index is 0.00000162. The molecule has 2 rings (SSSR count). The van der Waals surface area contributed by atoms with E-state index in [9.17, 15) is 13.6 Å². The van der Waals surface area contributed by atoms with Gasteiger partial charge in [-0.05, 0) is 18.6 Å². The van der Waals surface area contributed by atoms with Gasteiger partial charge in [0.1, 0.15) is 11.6 Å². The first-order chi connectivity index (χ1) is 8.09. The van der Waals surface area contributed by atoms with Crippen molar-refractivity contribution in [3.63, 3.8) is 0 Å². The van der Waals surface area contributed by atoms with Crippen molar-refractivity contribution in [1.82, 2.24) is 10.2 Å². The predicted molar refractivity (Wildman–Crippen MR) is 67.1 cm³/mol. The number of hydrogen-bond donors (Lipinski definition) is 1. The van der Waals surface area contributed by atoms with Crippen LogP contribution in [0.15, 0.2) is 12.1 Å². The van der Waals surface area contributed by atoms with Gasteiger partial charge in [-0.1, -0.05) is 0 Å². The lowest BCUT2D eigenvalue weighted by molar-refractivity contribution is 0.0731. The van der Waals surface area contributed by atoms with E-state index in [4.69, 9.17) is 0 Å². The summed E-state index contributed by atoms with van der Waals surface area (Å²) in [6, 6.07) is 2.04. The van der Waals surface area contributed by atoms with Gasteiger partial charge in [-0.3, -0.25) is 4.79 Å². The summed E-state index contributed by atoms with van der Waals surface area (Å²) in [5, 5.41) is 3.11. The molecule has 1 saturated heterocycles. The van der Waals surface area contributed by atoms with Crippen molar-refractivity contribution < 1.29 is 13.6 Å². The first kappa shape index (κ1) is 14.9. The van der Waals surface area contributed by atoms with Crippen LogP contribution in [0.5, 0.6) is 0 Å². The molecule has 0 saturated carbocycles. The van der Waals surface area contributed by atoms with Gasteiger partial charge in [0.15, 0.2) is 0 Å². The number of halogens is 3. The van der Waals surface area contributed by atoms with Gasteiger partial charge in [-0.25, -0.2) is 8.78 Å². The summed E-state index contributed by atoms with van der Waals surface area (Å²) < 4.78 is 26.6. The number of carbonyl (C=O) groups excluding carboxylic acids is 1. The molecule has 0 atom stereocenters. The summed E-state index contributed by atoms with van der Waals surface area (Å²) in [6.45, 7) is 4.02. The molecule has 0 aromatic heterocycles. The molecule has 1 aromatic rings. The molecule has 1 heterocycles. The summed E-state index contributed by atoms with van der Waals surface area (Å²) in [5.74, 6) is -1.79. The molecular formula is C12H15ClF2N2O. The molecule has 18 heavy (non-hydrogen) atoms. The van der Waals surface area contributed by atoms with Crippen molar-refractivity contribution in [1.29, 1.82) is 0 Å². The van der Waals surface area contributed by atoms with E-state index >= 15 is 0 Å². The van der Waals surface area contributed by atoms with Crippen molar-refractivity contribution in [2.45, 2.75) is 6.92 Å². The van der Waals surface area contributed by atoms with Gasteiger partial charge in [0.25, 0.3) is 5.91 Å². The number of rotatable bonds is 1. The lowest BCUT2D eigenvalue weighted by Crippen LogP contribution is -2.46. The lowest BCUT2D eigenvalue weighted by Gasteiger charge is -2.27. The Hall–Kier alpha value is -1.20. The molecular weight excluding hydrogens is 262 g/mol. The Morgan fingerprint density at radius 1 is 1.22 bits per heavy atom. The fraction of sp³-hybridized carbons (Fsp3) is 0.417. The molecule has 0 spiro atoms. The Morgan fingerprint density at radius 3 is 2.44 bits per heavy atom. The highest BCUT2D eigenvalue weighted by Crippen LogP contribution is 2.16. The Labute approximate surface area is 111 Å². The van der Waals surface area contributed by atoms with Gasteiger partial charge in [0.2, 0.25) is 0 Å².